The SMILES string of the molecule is COc1ccc(CN2CCC(c3nc4ccc(N5CCOCC5)cn4n3)CC2)cc1.O=C(O)C(F)(F)F.O=C(O)C(F)(F)F. The highest BCUT2D eigenvalue weighted by molar-refractivity contribution is 5.73. The van der Waals surface area contributed by atoms with E-state index in [-0.39, 0.29) is 0 Å². The summed E-state index contributed by atoms with van der Waals surface area (Å²) in [6.45, 7) is 6.57. The van der Waals surface area contributed by atoms with E-state index in [9.17, 15) is 26.3 Å². The van der Waals surface area contributed by atoms with E-state index in [4.69, 9.17) is 39.4 Å². The predicted molar refractivity (Wildman–Crippen MR) is 144 cm³/mol. The average molecular weight is 636 g/mol. The van der Waals surface area contributed by atoms with Gasteiger partial charge in [-0.1, -0.05) is 12.1 Å². The van der Waals surface area contributed by atoms with Crippen molar-refractivity contribution in [3.05, 3.63) is 54.0 Å². The van der Waals surface area contributed by atoms with E-state index in [0.717, 1.165) is 76.0 Å². The van der Waals surface area contributed by atoms with Gasteiger partial charge in [0.2, 0.25) is 0 Å². The molecule has 4 heterocycles. The van der Waals surface area contributed by atoms with Crippen LogP contribution < -0.4 is 9.64 Å². The maximum Gasteiger partial charge on any atom is 0.490 e. The zero-order chi connectivity index (χ0) is 32.5. The molecule has 3 aromatic rings. The van der Waals surface area contributed by atoms with Crippen LogP contribution in [0.25, 0.3) is 5.65 Å². The van der Waals surface area contributed by atoms with Crippen molar-refractivity contribution in [2.24, 2.45) is 0 Å². The molecule has 1 aromatic carbocycles. The summed E-state index contributed by atoms with van der Waals surface area (Å²) in [6, 6.07) is 12.6. The van der Waals surface area contributed by atoms with Gasteiger partial charge < -0.3 is 24.6 Å². The summed E-state index contributed by atoms with van der Waals surface area (Å²) in [5.41, 5.74) is 3.45. The summed E-state index contributed by atoms with van der Waals surface area (Å²) in [5.74, 6) is -3.19. The van der Waals surface area contributed by atoms with Gasteiger partial charge in [0.1, 0.15) is 5.75 Å². The van der Waals surface area contributed by atoms with Crippen LogP contribution in [0, 0.1) is 0 Å². The molecule has 0 atom stereocenters. The molecule has 0 bridgehead atoms. The highest BCUT2D eigenvalue weighted by atomic mass is 19.4. The van der Waals surface area contributed by atoms with Gasteiger partial charge in [0.15, 0.2) is 11.5 Å². The number of morpholine rings is 1. The number of aromatic nitrogens is 3. The number of pyridine rings is 1. The molecule has 5 rings (SSSR count). The first-order valence-corrected chi connectivity index (χ1v) is 13.3. The zero-order valence-corrected chi connectivity index (χ0v) is 23.5. The van der Waals surface area contributed by atoms with Crippen LogP contribution in [0.2, 0.25) is 0 Å². The zero-order valence-electron chi connectivity index (χ0n) is 23.5. The summed E-state index contributed by atoms with van der Waals surface area (Å²) >= 11 is 0. The van der Waals surface area contributed by atoms with E-state index in [1.165, 1.54) is 11.3 Å². The van der Waals surface area contributed by atoms with Gasteiger partial charge in [-0.05, 0) is 55.8 Å². The van der Waals surface area contributed by atoms with Crippen molar-refractivity contribution < 1.29 is 55.6 Å². The fourth-order valence-corrected chi connectivity index (χ4v) is 4.41. The summed E-state index contributed by atoms with van der Waals surface area (Å²) < 4.78 is 76.1. The Labute approximate surface area is 247 Å². The number of carboxylic acids is 2. The molecule has 0 amide bonds. The van der Waals surface area contributed by atoms with Crippen LogP contribution in [-0.4, -0.2) is 101 Å². The van der Waals surface area contributed by atoms with Crippen molar-refractivity contribution in [3.63, 3.8) is 0 Å². The van der Waals surface area contributed by atoms with Gasteiger partial charge in [-0.2, -0.15) is 31.4 Å². The topological polar surface area (TPSA) is 130 Å². The summed E-state index contributed by atoms with van der Waals surface area (Å²) in [5, 5.41) is 19.1. The van der Waals surface area contributed by atoms with E-state index >= 15 is 0 Å². The number of hydrogen-bond acceptors (Lipinski definition) is 8. The molecule has 44 heavy (non-hydrogen) atoms. The molecule has 2 N–H and O–H groups in total. The van der Waals surface area contributed by atoms with Crippen LogP contribution in [0.3, 0.4) is 0 Å². The van der Waals surface area contributed by atoms with Crippen LogP contribution in [0.1, 0.15) is 30.1 Å². The van der Waals surface area contributed by atoms with E-state index in [2.05, 4.69) is 40.3 Å². The number of nitrogens with zero attached hydrogens (tertiary/aromatic N) is 5. The highest BCUT2D eigenvalue weighted by Gasteiger charge is 2.38. The Balaban J connectivity index is 0.000000317. The van der Waals surface area contributed by atoms with Gasteiger partial charge in [0.25, 0.3) is 0 Å². The van der Waals surface area contributed by atoms with Crippen molar-refractivity contribution in [1.29, 1.82) is 0 Å². The Bertz CT molecular complexity index is 1340. The normalized spacial score (nSPS) is 16.4. The molecular formula is C27H31F6N5O6. The molecule has 242 valence electrons. The molecule has 0 spiro atoms. The number of rotatable bonds is 5. The minimum atomic E-state index is -5.08. The molecule has 0 aliphatic carbocycles. The van der Waals surface area contributed by atoms with Gasteiger partial charge in [0.05, 0.1) is 32.2 Å². The van der Waals surface area contributed by atoms with Crippen molar-refractivity contribution >= 4 is 23.3 Å². The Morgan fingerprint density at radius 1 is 0.909 bits per heavy atom. The number of ether oxygens (including phenoxy) is 2. The Kier molecular flexibility index (Phi) is 11.8. The van der Waals surface area contributed by atoms with Gasteiger partial charge >= 0.3 is 24.3 Å². The third-order valence-corrected chi connectivity index (χ3v) is 6.71. The number of methoxy groups -OCH3 is 1. The summed E-state index contributed by atoms with van der Waals surface area (Å²) in [4.78, 5) is 27.5. The van der Waals surface area contributed by atoms with E-state index in [0.29, 0.717) is 5.92 Å². The molecule has 2 aliphatic rings. The third-order valence-electron chi connectivity index (χ3n) is 6.71. The average Bonchev–Trinajstić information content (AvgIpc) is 3.42. The second-order valence-corrected chi connectivity index (χ2v) is 9.76. The van der Waals surface area contributed by atoms with Crippen LogP contribution in [0.4, 0.5) is 32.0 Å². The molecule has 2 aromatic heterocycles. The lowest BCUT2D eigenvalue weighted by atomic mass is 9.96. The minimum Gasteiger partial charge on any atom is -0.497 e. The molecule has 17 heteroatoms. The van der Waals surface area contributed by atoms with Crippen molar-refractivity contribution in [2.75, 3.05) is 51.4 Å². The maximum absolute atomic E-state index is 10.6. The first kappa shape index (κ1) is 34.4. The third kappa shape index (κ3) is 10.3. The first-order valence-electron chi connectivity index (χ1n) is 13.3. The number of hydrogen-bond donors (Lipinski definition) is 2. The second-order valence-electron chi connectivity index (χ2n) is 9.76. The number of fused-ring (bicyclic) bond motifs is 1. The number of alkyl halides is 6. The van der Waals surface area contributed by atoms with E-state index in [1.54, 1.807) is 7.11 Å². The molecule has 0 unspecified atom stereocenters. The fourth-order valence-electron chi connectivity index (χ4n) is 4.41. The number of likely N-dealkylation sites (tertiary alicyclic amines) is 1. The van der Waals surface area contributed by atoms with Gasteiger partial charge in [-0.15, -0.1) is 0 Å². The Morgan fingerprint density at radius 2 is 1.45 bits per heavy atom. The Morgan fingerprint density at radius 3 is 1.95 bits per heavy atom. The summed E-state index contributed by atoms with van der Waals surface area (Å²) in [7, 11) is 1.70. The number of halogens is 6. The lowest BCUT2D eigenvalue weighted by Crippen LogP contribution is -2.36. The number of benzene rings is 1. The fraction of sp³-hybridized carbons (Fsp3) is 0.481. The number of carboxylic acid groups (broad SMARTS) is 2. The lowest BCUT2D eigenvalue weighted by molar-refractivity contribution is -0.193. The maximum atomic E-state index is 10.6. The Hall–Kier alpha value is -4.12. The summed E-state index contributed by atoms with van der Waals surface area (Å²) in [6.07, 6.45) is -5.86. The molecule has 2 aliphatic heterocycles. The smallest absolute Gasteiger partial charge is 0.490 e. The van der Waals surface area contributed by atoms with Crippen LogP contribution in [0.5, 0.6) is 5.75 Å². The monoisotopic (exact) mass is 635 g/mol. The van der Waals surface area contributed by atoms with Gasteiger partial charge in [-0.3, -0.25) is 4.90 Å². The molecule has 2 fully saturated rings. The first-order chi connectivity index (χ1) is 20.7. The van der Waals surface area contributed by atoms with Gasteiger partial charge in [-0.25, -0.2) is 19.1 Å². The van der Waals surface area contributed by atoms with Crippen LogP contribution >= 0.6 is 0 Å². The van der Waals surface area contributed by atoms with Crippen molar-refractivity contribution in [1.82, 2.24) is 19.5 Å². The molecular weight excluding hydrogens is 604 g/mol. The van der Waals surface area contributed by atoms with Crippen LogP contribution in [-0.2, 0) is 20.9 Å². The number of piperidine rings is 1. The second kappa shape index (κ2) is 15.1. The lowest BCUT2D eigenvalue weighted by Gasteiger charge is -2.30. The standard InChI is InChI=1S/C23H29N5O2.2C2HF3O2/c1-29-21-5-2-18(3-6-21)16-26-10-8-19(9-11-26)23-24-22-7-4-20(17-28(22)25-23)27-12-14-30-15-13-27;2*3-2(4,5)1(6)7/h2-7,17,19H,8-16H2,1H3;2*(H,6,7). The number of aliphatic carboxylic acids is 2. The van der Waals surface area contributed by atoms with E-state index in [1.807, 2.05) is 16.6 Å². The van der Waals surface area contributed by atoms with Gasteiger partial charge in [0, 0.05) is 25.6 Å². The molecule has 11 nitrogen and oxygen atoms in total. The minimum absolute atomic E-state index is 0.434. The molecule has 2 saturated heterocycles. The molecule has 0 radical (unpaired) electrons. The largest absolute Gasteiger partial charge is 0.497 e. The highest BCUT2D eigenvalue weighted by Crippen LogP contribution is 2.28. The number of anilines is 1. The number of carbonyl (C=O) groups is 2. The van der Waals surface area contributed by atoms with Crippen molar-refractivity contribution in [2.45, 2.75) is 37.7 Å². The van der Waals surface area contributed by atoms with E-state index < -0.39 is 24.3 Å². The van der Waals surface area contributed by atoms with Crippen molar-refractivity contribution in [3.8, 4) is 5.75 Å². The predicted octanol–water partition coefficient (Wildman–Crippen LogP) is 4.22. The van der Waals surface area contributed by atoms with Crippen LogP contribution in [0.15, 0.2) is 42.6 Å². The molecule has 0 saturated carbocycles. The quantitative estimate of drug-likeness (QED) is 0.393.